The Morgan fingerprint density at radius 1 is 1.50 bits per heavy atom. The highest BCUT2D eigenvalue weighted by Crippen LogP contribution is 2.13. The van der Waals surface area contributed by atoms with Crippen LogP contribution < -0.4 is 0 Å². The van der Waals surface area contributed by atoms with Gasteiger partial charge in [0.05, 0.1) is 7.11 Å². The van der Waals surface area contributed by atoms with Gasteiger partial charge >= 0.3 is 5.97 Å². The summed E-state index contributed by atoms with van der Waals surface area (Å²) in [7, 11) is 1.25. The van der Waals surface area contributed by atoms with Crippen LogP contribution in [-0.4, -0.2) is 30.9 Å². The van der Waals surface area contributed by atoms with Crippen molar-refractivity contribution in [3.63, 3.8) is 0 Å². The van der Waals surface area contributed by atoms with Gasteiger partial charge in [0.15, 0.2) is 0 Å². The Morgan fingerprint density at radius 3 is 2.85 bits per heavy atom. The van der Waals surface area contributed by atoms with E-state index in [-0.39, 0.29) is 11.3 Å². The van der Waals surface area contributed by atoms with E-state index in [1.807, 2.05) is 13.0 Å². The molecule has 1 N–H and O–H groups in total. The van der Waals surface area contributed by atoms with E-state index < -0.39 is 5.97 Å². The molecule has 0 spiro atoms. The number of carbonyl (C=O) groups is 1. The molecule has 1 aromatic carbocycles. The Morgan fingerprint density at radius 2 is 2.25 bits per heavy atom. The maximum absolute atomic E-state index is 11.5. The fourth-order valence-corrected chi connectivity index (χ4v) is 1.59. The molecule has 1 aromatic rings. The lowest BCUT2D eigenvalue weighted by Gasteiger charge is -2.01. The number of ether oxygens (including phenoxy) is 1. The normalized spacial score (nSPS) is 12.8. The number of hydrogen-bond acceptors (Lipinski definition) is 4. The Labute approximate surface area is 123 Å². The first kappa shape index (κ1) is 16.0. The van der Waals surface area contributed by atoms with Crippen LogP contribution in [0.2, 0.25) is 5.02 Å². The molecule has 0 bridgehead atoms. The highest BCUT2D eigenvalue weighted by molar-refractivity contribution is 6.30. The number of nitrogens with zero attached hydrogens (tertiary/aromatic N) is 1. The summed E-state index contributed by atoms with van der Waals surface area (Å²) in [5.74, 6) is -0.857. The van der Waals surface area contributed by atoms with E-state index >= 15 is 0 Å². The first-order valence-electron chi connectivity index (χ1n) is 6.03. The lowest BCUT2D eigenvalue weighted by molar-refractivity contribution is -0.135. The molecule has 4 nitrogen and oxygen atoms in total. The molecule has 5 heteroatoms. The van der Waals surface area contributed by atoms with Gasteiger partial charge in [-0.2, -0.15) is 0 Å². The van der Waals surface area contributed by atoms with Crippen molar-refractivity contribution in [2.75, 3.05) is 13.7 Å². The van der Waals surface area contributed by atoms with Crippen molar-refractivity contribution in [3.8, 4) is 0 Å². The smallest absolute Gasteiger partial charge is 0.343 e. The molecule has 0 unspecified atom stereocenters. The van der Waals surface area contributed by atoms with Crippen molar-refractivity contribution < 1.29 is 14.6 Å². The molecule has 0 aromatic heterocycles. The first-order valence-corrected chi connectivity index (χ1v) is 6.41. The van der Waals surface area contributed by atoms with Crippen molar-refractivity contribution in [1.29, 1.82) is 0 Å². The predicted octanol–water partition coefficient (Wildman–Crippen LogP) is 3.43. The molecular formula is C15H16ClNO3. The molecular weight excluding hydrogens is 278 g/mol. The number of allylic oxidation sites excluding steroid dienone is 1. The van der Waals surface area contributed by atoms with Crippen molar-refractivity contribution >= 4 is 29.9 Å². The Hall–Kier alpha value is -2.07. The molecule has 0 aliphatic carbocycles. The molecule has 0 saturated heterocycles. The molecule has 0 heterocycles. The van der Waals surface area contributed by atoms with Gasteiger partial charge in [0.1, 0.15) is 11.3 Å². The second kappa shape index (κ2) is 8.17. The van der Waals surface area contributed by atoms with Crippen LogP contribution in [0.5, 0.6) is 0 Å². The van der Waals surface area contributed by atoms with Gasteiger partial charge in [-0.15, -0.1) is 0 Å². The maximum Gasteiger partial charge on any atom is 0.343 e. The van der Waals surface area contributed by atoms with Crippen LogP contribution in [0, 0.1) is 0 Å². The number of hydrogen-bond donors (Lipinski definition) is 1. The third-order valence-corrected chi connectivity index (χ3v) is 2.60. The monoisotopic (exact) mass is 293 g/mol. The summed E-state index contributed by atoms with van der Waals surface area (Å²) in [5.41, 5.74) is 0.813. The van der Waals surface area contributed by atoms with Gasteiger partial charge in [-0.3, -0.25) is 4.99 Å². The minimum atomic E-state index is -0.643. The summed E-state index contributed by atoms with van der Waals surface area (Å²) in [6.45, 7) is 2.33. The second-order valence-corrected chi connectivity index (χ2v) is 4.24. The zero-order valence-corrected chi connectivity index (χ0v) is 12.1. The summed E-state index contributed by atoms with van der Waals surface area (Å²) in [4.78, 5) is 15.5. The summed E-state index contributed by atoms with van der Waals surface area (Å²) < 4.78 is 4.60. The van der Waals surface area contributed by atoms with Crippen LogP contribution in [0.3, 0.4) is 0 Å². The summed E-state index contributed by atoms with van der Waals surface area (Å²) in [6, 6.07) is 7.11. The molecule has 0 aliphatic heterocycles. The largest absolute Gasteiger partial charge is 0.507 e. The maximum atomic E-state index is 11.5. The number of aliphatic imine (C=N–C) groups is 1. The van der Waals surface area contributed by atoms with Gasteiger partial charge in [-0.05, 0) is 30.7 Å². The number of halogens is 1. The van der Waals surface area contributed by atoms with Gasteiger partial charge < -0.3 is 9.84 Å². The zero-order chi connectivity index (χ0) is 15.0. The lowest BCUT2D eigenvalue weighted by atomic mass is 10.1. The van der Waals surface area contributed by atoms with Crippen LogP contribution in [0.15, 0.2) is 46.7 Å². The zero-order valence-electron chi connectivity index (χ0n) is 11.3. The Balaban J connectivity index is 3.03. The molecule has 0 fully saturated rings. The number of methoxy groups -OCH3 is 1. The fourth-order valence-electron chi connectivity index (χ4n) is 1.39. The van der Waals surface area contributed by atoms with E-state index in [4.69, 9.17) is 11.6 Å². The number of esters is 1. The number of aliphatic hydroxyl groups excluding tert-OH is 1. The van der Waals surface area contributed by atoms with Crippen LogP contribution in [0.4, 0.5) is 0 Å². The van der Waals surface area contributed by atoms with E-state index in [2.05, 4.69) is 9.73 Å². The average molecular weight is 294 g/mol. The molecule has 0 aliphatic rings. The average Bonchev–Trinajstić information content (AvgIpc) is 2.45. The van der Waals surface area contributed by atoms with Gasteiger partial charge in [-0.25, -0.2) is 4.79 Å². The SMILES string of the molecule is CCN=CC(C(=O)OC)=C(O)/C=C/c1cccc(Cl)c1. The molecule has 0 amide bonds. The number of benzene rings is 1. The van der Waals surface area contributed by atoms with E-state index in [0.29, 0.717) is 11.6 Å². The van der Waals surface area contributed by atoms with E-state index in [9.17, 15) is 9.90 Å². The lowest BCUT2D eigenvalue weighted by Crippen LogP contribution is -2.08. The molecule has 20 heavy (non-hydrogen) atoms. The second-order valence-electron chi connectivity index (χ2n) is 3.81. The Kier molecular flexibility index (Phi) is 6.53. The minimum absolute atomic E-state index is 0.00706. The summed E-state index contributed by atoms with van der Waals surface area (Å²) in [6.07, 6.45) is 4.34. The highest BCUT2D eigenvalue weighted by atomic mass is 35.5. The third kappa shape index (κ3) is 4.90. The van der Waals surface area contributed by atoms with Crippen LogP contribution in [0.1, 0.15) is 12.5 Å². The van der Waals surface area contributed by atoms with Crippen molar-refractivity contribution in [2.45, 2.75) is 6.92 Å². The third-order valence-electron chi connectivity index (χ3n) is 2.37. The highest BCUT2D eigenvalue weighted by Gasteiger charge is 2.11. The number of aliphatic hydroxyl groups is 1. The molecule has 0 radical (unpaired) electrons. The van der Waals surface area contributed by atoms with Crippen LogP contribution >= 0.6 is 11.6 Å². The van der Waals surface area contributed by atoms with E-state index in [1.165, 1.54) is 19.4 Å². The Bertz CT molecular complexity index is 562. The fraction of sp³-hybridized carbons (Fsp3) is 0.200. The first-order chi connectivity index (χ1) is 9.58. The van der Waals surface area contributed by atoms with Crippen molar-refractivity contribution in [3.05, 3.63) is 52.3 Å². The quantitative estimate of drug-likeness (QED) is 0.297. The van der Waals surface area contributed by atoms with E-state index in [1.54, 1.807) is 24.3 Å². The minimum Gasteiger partial charge on any atom is -0.507 e. The molecule has 106 valence electrons. The van der Waals surface area contributed by atoms with Crippen molar-refractivity contribution in [1.82, 2.24) is 0 Å². The van der Waals surface area contributed by atoms with Gasteiger partial charge in [0, 0.05) is 17.8 Å². The number of carbonyl (C=O) groups excluding carboxylic acids is 1. The topological polar surface area (TPSA) is 58.9 Å². The molecule has 0 atom stereocenters. The van der Waals surface area contributed by atoms with Crippen LogP contribution in [0.25, 0.3) is 6.08 Å². The standard InChI is InChI=1S/C15H16ClNO3/c1-3-17-10-13(15(19)20-2)14(18)8-7-11-5-4-6-12(16)9-11/h4-10,18H,3H2,1-2H3/b8-7+,14-13?,17-10?. The predicted molar refractivity (Wildman–Crippen MR) is 81.2 cm³/mol. The van der Waals surface area contributed by atoms with Gasteiger partial charge in [0.25, 0.3) is 0 Å². The van der Waals surface area contributed by atoms with E-state index in [0.717, 1.165) is 5.56 Å². The van der Waals surface area contributed by atoms with Gasteiger partial charge in [0.2, 0.25) is 0 Å². The molecule has 0 saturated carbocycles. The summed E-state index contributed by atoms with van der Waals surface area (Å²) >= 11 is 5.86. The number of rotatable bonds is 5. The van der Waals surface area contributed by atoms with Crippen molar-refractivity contribution in [2.24, 2.45) is 4.99 Å². The van der Waals surface area contributed by atoms with Gasteiger partial charge in [-0.1, -0.05) is 29.8 Å². The summed E-state index contributed by atoms with van der Waals surface area (Å²) in [5, 5.41) is 10.5. The molecule has 1 rings (SSSR count). The van der Waals surface area contributed by atoms with Crippen LogP contribution in [-0.2, 0) is 9.53 Å².